The summed E-state index contributed by atoms with van der Waals surface area (Å²) in [6.07, 6.45) is 2.86. The number of carbonyl (C=O) groups is 2. The normalized spacial score (nSPS) is 9.71. The number of nitrogens with zero attached hydrogens (tertiary/aromatic N) is 1. The highest BCUT2D eigenvalue weighted by atomic mass is 79.9. The molecule has 1 rings (SSSR count). The van der Waals surface area contributed by atoms with Crippen molar-refractivity contribution >= 4 is 33.7 Å². The van der Waals surface area contributed by atoms with Crippen molar-refractivity contribution in [2.45, 2.75) is 20.8 Å². The molecule has 0 atom stereocenters. The van der Waals surface area contributed by atoms with Crippen LogP contribution in [0.1, 0.15) is 19.4 Å². The van der Waals surface area contributed by atoms with Gasteiger partial charge >= 0.3 is 11.9 Å². The minimum Gasteiger partial charge on any atom is -0.462 e. The van der Waals surface area contributed by atoms with E-state index in [2.05, 4.69) is 26.2 Å². The van der Waals surface area contributed by atoms with Gasteiger partial charge in [0.15, 0.2) is 5.57 Å². The molecule has 0 spiro atoms. The molecule has 0 fully saturated rings. The van der Waals surface area contributed by atoms with Gasteiger partial charge in [-0.3, -0.25) is 0 Å². The lowest BCUT2D eigenvalue weighted by Gasteiger charge is -2.08. The number of aromatic nitrogens is 1. The zero-order valence-corrected chi connectivity index (χ0v) is 13.7. The minimum atomic E-state index is -0.738. The summed E-state index contributed by atoms with van der Waals surface area (Å²) in [5.74, 6) is -0.944. The first-order valence-corrected chi connectivity index (χ1v) is 7.22. The van der Waals surface area contributed by atoms with Crippen molar-refractivity contribution in [3.63, 3.8) is 0 Å². The van der Waals surface area contributed by atoms with Crippen molar-refractivity contribution in [1.82, 2.24) is 4.98 Å². The van der Waals surface area contributed by atoms with Crippen LogP contribution in [0.15, 0.2) is 28.5 Å². The van der Waals surface area contributed by atoms with Crippen molar-refractivity contribution in [2.24, 2.45) is 0 Å². The second kappa shape index (κ2) is 8.41. The van der Waals surface area contributed by atoms with E-state index in [0.29, 0.717) is 5.82 Å². The molecule has 114 valence electrons. The van der Waals surface area contributed by atoms with Crippen LogP contribution in [0.5, 0.6) is 0 Å². The third kappa shape index (κ3) is 5.18. The van der Waals surface area contributed by atoms with Gasteiger partial charge in [-0.2, -0.15) is 0 Å². The number of pyridine rings is 1. The summed E-state index contributed by atoms with van der Waals surface area (Å²) < 4.78 is 10.5. The largest absolute Gasteiger partial charge is 0.462 e. The molecule has 0 unspecified atom stereocenters. The summed E-state index contributed by atoms with van der Waals surface area (Å²) in [4.78, 5) is 27.7. The molecular formula is C14H17BrN2O4. The van der Waals surface area contributed by atoms with Gasteiger partial charge in [0, 0.05) is 16.9 Å². The zero-order valence-electron chi connectivity index (χ0n) is 12.1. The summed E-state index contributed by atoms with van der Waals surface area (Å²) in [5, 5.41) is 2.82. The van der Waals surface area contributed by atoms with Crippen LogP contribution >= 0.6 is 15.9 Å². The maximum atomic E-state index is 11.8. The Morgan fingerprint density at radius 3 is 2.33 bits per heavy atom. The van der Waals surface area contributed by atoms with E-state index in [1.54, 1.807) is 20.0 Å². The SMILES string of the molecule is CCOC(=O)C(=CNc1ncc(Br)cc1C)C(=O)OCC. The number of carbonyl (C=O) groups excluding carboxylic acids is 2. The minimum absolute atomic E-state index is 0.172. The van der Waals surface area contributed by atoms with Crippen LogP contribution in [0, 0.1) is 6.92 Å². The number of halogens is 1. The fourth-order valence-electron chi connectivity index (χ4n) is 1.45. The van der Waals surface area contributed by atoms with Gasteiger partial charge in [0.2, 0.25) is 0 Å². The summed E-state index contributed by atoms with van der Waals surface area (Å²) in [6, 6.07) is 1.86. The van der Waals surface area contributed by atoms with Crippen LogP contribution in [0.4, 0.5) is 5.82 Å². The summed E-state index contributed by atoms with van der Waals surface area (Å²) in [7, 11) is 0. The van der Waals surface area contributed by atoms with Crippen LogP contribution < -0.4 is 5.32 Å². The van der Waals surface area contributed by atoms with Gasteiger partial charge in [-0.1, -0.05) is 0 Å². The number of aryl methyl sites for hydroxylation is 1. The quantitative estimate of drug-likeness (QED) is 0.365. The zero-order chi connectivity index (χ0) is 15.8. The Balaban J connectivity index is 2.96. The first-order valence-electron chi connectivity index (χ1n) is 6.42. The van der Waals surface area contributed by atoms with Crippen molar-refractivity contribution in [3.05, 3.63) is 34.1 Å². The number of hydrogen-bond donors (Lipinski definition) is 1. The van der Waals surface area contributed by atoms with E-state index < -0.39 is 11.9 Å². The van der Waals surface area contributed by atoms with Crippen LogP contribution in [0.2, 0.25) is 0 Å². The van der Waals surface area contributed by atoms with E-state index in [9.17, 15) is 9.59 Å². The highest BCUT2D eigenvalue weighted by Crippen LogP contribution is 2.17. The molecule has 1 heterocycles. The van der Waals surface area contributed by atoms with Crippen molar-refractivity contribution in [2.75, 3.05) is 18.5 Å². The lowest BCUT2D eigenvalue weighted by Crippen LogP contribution is -2.19. The van der Waals surface area contributed by atoms with Gasteiger partial charge in [-0.25, -0.2) is 14.6 Å². The Labute approximate surface area is 131 Å². The number of hydrogen-bond acceptors (Lipinski definition) is 6. The van der Waals surface area contributed by atoms with Gasteiger partial charge in [-0.05, 0) is 48.3 Å². The van der Waals surface area contributed by atoms with Gasteiger partial charge in [0.05, 0.1) is 13.2 Å². The molecule has 6 nitrogen and oxygen atoms in total. The van der Waals surface area contributed by atoms with Crippen molar-refractivity contribution in [1.29, 1.82) is 0 Å². The van der Waals surface area contributed by atoms with Crippen LogP contribution in [0.25, 0.3) is 0 Å². The second-order valence-electron chi connectivity index (χ2n) is 3.96. The first-order chi connectivity index (χ1) is 9.99. The first kappa shape index (κ1) is 17.2. The molecule has 0 aromatic carbocycles. The topological polar surface area (TPSA) is 77.5 Å². The Kier molecular flexibility index (Phi) is 6.87. The molecule has 0 radical (unpaired) electrons. The Morgan fingerprint density at radius 2 is 1.86 bits per heavy atom. The molecule has 0 aliphatic heterocycles. The average Bonchev–Trinajstić information content (AvgIpc) is 2.41. The highest BCUT2D eigenvalue weighted by Gasteiger charge is 2.21. The predicted molar refractivity (Wildman–Crippen MR) is 81.6 cm³/mol. The maximum absolute atomic E-state index is 11.8. The molecule has 1 N–H and O–H groups in total. The van der Waals surface area contributed by atoms with Gasteiger partial charge in [-0.15, -0.1) is 0 Å². The third-order valence-corrected chi connectivity index (χ3v) is 2.82. The van der Waals surface area contributed by atoms with Crippen LogP contribution in [-0.2, 0) is 19.1 Å². The molecule has 0 saturated carbocycles. The van der Waals surface area contributed by atoms with Crippen LogP contribution in [-0.4, -0.2) is 30.1 Å². The summed E-state index contributed by atoms with van der Waals surface area (Å²) in [5.41, 5.74) is 0.649. The van der Waals surface area contributed by atoms with Gasteiger partial charge in [0.1, 0.15) is 5.82 Å². The predicted octanol–water partition coefficient (Wildman–Crippen LogP) is 2.57. The van der Waals surface area contributed by atoms with Crippen molar-refractivity contribution in [3.8, 4) is 0 Å². The lowest BCUT2D eigenvalue weighted by atomic mass is 10.2. The van der Waals surface area contributed by atoms with Crippen LogP contribution in [0.3, 0.4) is 0 Å². The smallest absolute Gasteiger partial charge is 0.347 e. The van der Waals surface area contributed by atoms with E-state index in [-0.39, 0.29) is 18.8 Å². The van der Waals surface area contributed by atoms with Gasteiger partial charge in [0.25, 0.3) is 0 Å². The molecule has 0 saturated heterocycles. The van der Waals surface area contributed by atoms with Gasteiger partial charge < -0.3 is 14.8 Å². The Morgan fingerprint density at radius 1 is 1.29 bits per heavy atom. The number of esters is 2. The highest BCUT2D eigenvalue weighted by molar-refractivity contribution is 9.10. The van der Waals surface area contributed by atoms with E-state index in [4.69, 9.17) is 9.47 Å². The fraction of sp³-hybridized carbons (Fsp3) is 0.357. The number of nitrogens with one attached hydrogen (secondary N) is 1. The molecule has 0 amide bonds. The molecule has 7 heteroatoms. The number of anilines is 1. The second-order valence-corrected chi connectivity index (χ2v) is 4.88. The number of rotatable bonds is 6. The molecule has 0 aliphatic carbocycles. The third-order valence-electron chi connectivity index (χ3n) is 2.39. The molecule has 21 heavy (non-hydrogen) atoms. The molecule has 1 aromatic heterocycles. The Hall–Kier alpha value is -1.89. The molecule has 1 aromatic rings. The van der Waals surface area contributed by atoms with E-state index in [1.807, 2.05) is 13.0 Å². The molecule has 0 bridgehead atoms. The van der Waals surface area contributed by atoms with E-state index >= 15 is 0 Å². The summed E-state index contributed by atoms with van der Waals surface area (Å²) >= 11 is 3.31. The standard InChI is InChI=1S/C14H17BrN2O4/c1-4-20-13(18)11(14(19)21-5-2)8-17-12-9(3)6-10(15)7-16-12/h6-8H,4-5H2,1-3H3,(H,16,17). The number of ether oxygens (including phenoxy) is 2. The molecule has 0 aliphatic rings. The monoisotopic (exact) mass is 356 g/mol. The van der Waals surface area contributed by atoms with Crippen molar-refractivity contribution < 1.29 is 19.1 Å². The molecular weight excluding hydrogens is 340 g/mol. The lowest BCUT2D eigenvalue weighted by molar-refractivity contribution is -0.146. The summed E-state index contributed by atoms with van der Waals surface area (Å²) in [6.45, 7) is 5.52. The van der Waals surface area contributed by atoms with E-state index in [1.165, 1.54) is 6.20 Å². The van der Waals surface area contributed by atoms with E-state index in [0.717, 1.165) is 10.0 Å². The average molecular weight is 357 g/mol. The Bertz CT molecular complexity index is 538. The maximum Gasteiger partial charge on any atom is 0.347 e. The fourth-order valence-corrected chi connectivity index (χ4v) is 1.90.